The van der Waals surface area contributed by atoms with Crippen molar-refractivity contribution in [1.82, 2.24) is 29.4 Å². The van der Waals surface area contributed by atoms with E-state index in [2.05, 4.69) is 10.4 Å². The molecule has 43 heavy (non-hydrogen) atoms. The summed E-state index contributed by atoms with van der Waals surface area (Å²) < 4.78 is 8.10. The lowest BCUT2D eigenvalue weighted by Gasteiger charge is -2.35. The highest BCUT2D eigenvalue weighted by molar-refractivity contribution is 6.33. The Morgan fingerprint density at radius 1 is 1.07 bits per heavy atom. The molecule has 1 unspecified atom stereocenters. The number of halogens is 1. The van der Waals surface area contributed by atoms with Gasteiger partial charge in [0.15, 0.2) is 5.65 Å². The number of carbonyl (C=O) groups is 2. The summed E-state index contributed by atoms with van der Waals surface area (Å²) in [5.41, 5.74) is 1.63. The number of carbonyl (C=O) groups excluding carboxylic acids is 2. The molecule has 228 valence electrons. The summed E-state index contributed by atoms with van der Waals surface area (Å²) in [6.07, 6.45) is 1.31. The third kappa shape index (κ3) is 7.81. The number of amides is 2. The number of benzene rings is 2. The first-order valence-corrected chi connectivity index (χ1v) is 14.8. The summed E-state index contributed by atoms with van der Waals surface area (Å²) in [6.45, 7) is 12.1. The van der Waals surface area contributed by atoms with Crippen LogP contribution in [0.5, 0.6) is 0 Å². The summed E-state index contributed by atoms with van der Waals surface area (Å²) in [7, 11) is 0. The van der Waals surface area contributed by atoms with Gasteiger partial charge in [-0.15, -0.1) is 0 Å². The molecule has 2 aromatic carbocycles. The van der Waals surface area contributed by atoms with E-state index in [9.17, 15) is 14.4 Å². The standard InChI is InChI=1S/C32H39ClN6O4/c1-21(2)26(28-36-27-25(33)19-35-39(27)31(42)38(28)20-23-11-8-7-9-12-23)37(29(40)24-15-13-22(3)14-16-24)18-10-17-34-30(41)43-32(4,5)6/h7-9,11-16,19,21,26H,10,17-18,20H2,1-6H3,(H,34,41). The zero-order valence-corrected chi connectivity index (χ0v) is 26.3. The SMILES string of the molecule is Cc1ccc(C(=O)N(CCCNC(=O)OC(C)(C)C)C(c2nc3c(Cl)cnn3c(=O)n2Cc2ccccc2)C(C)C)cc1. The average Bonchev–Trinajstić information content (AvgIpc) is 3.32. The lowest BCUT2D eigenvalue weighted by molar-refractivity contribution is 0.0519. The van der Waals surface area contributed by atoms with Crippen molar-refractivity contribution in [2.24, 2.45) is 5.92 Å². The van der Waals surface area contributed by atoms with Gasteiger partial charge in [-0.05, 0) is 57.7 Å². The summed E-state index contributed by atoms with van der Waals surface area (Å²) in [6, 6.07) is 16.3. The molecule has 0 fully saturated rings. The number of nitrogens with zero attached hydrogens (tertiary/aromatic N) is 5. The normalized spacial score (nSPS) is 12.4. The van der Waals surface area contributed by atoms with Gasteiger partial charge < -0.3 is 15.0 Å². The maximum Gasteiger partial charge on any atom is 0.407 e. The summed E-state index contributed by atoms with van der Waals surface area (Å²) >= 11 is 6.42. The molecule has 0 aliphatic rings. The fourth-order valence-electron chi connectivity index (χ4n) is 4.86. The smallest absolute Gasteiger partial charge is 0.407 e. The Morgan fingerprint density at radius 3 is 2.37 bits per heavy atom. The van der Waals surface area contributed by atoms with Gasteiger partial charge >= 0.3 is 11.8 Å². The fraction of sp³-hybridized carbons (Fsp3) is 0.406. The van der Waals surface area contributed by atoms with Crippen molar-refractivity contribution in [3.05, 3.63) is 98.8 Å². The summed E-state index contributed by atoms with van der Waals surface area (Å²) in [5.74, 6) is 0.0431. The second-order valence-electron chi connectivity index (χ2n) is 11.9. The monoisotopic (exact) mass is 606 g/mol. The molecule has 1 N–H and O–H groups in total. The van der Waals surface area contributed by atoms with E-state index in [1.165, 1.54) is 10.7 Å². The Kier molecular flexibility index (Phi) is 9.91. The molecule has 11 heteroatoms. The topological polar surface area (TPSA) is 111 Å². The van der Waals surface area contributed by atoms with E-state index in [0.717, 1.165) is 11.1 Å². The molecule has 0 radical (unpaired) electrons. The van der Waals surface area contributed by atoms with E-state index < -0.39 is 23.4 Å². The molecule has 0 aliphatic heterocycles. The van der Waals surface area contributed by atoms with E-state index in [1.807, 2.05) is 63.2 Å². The van der Waals surface area contributed by atoms with Crippen LogP contribution >= 0.6 is 11.6 Å². The minimum atomic E-state index is -0.623. The van der Waals surface area contributed by atoms with E-state index in [1.54, 1.807) is 42.4 Å². The number of nitrogens with one attached hydrogen (secondary N) is 1. The largest absolute Gasteiger partial charge is 0.444 e. The highest BCUT2D eigenvalue weighted by Crippen LogP contribution is 2.30. The van der Waals surface area contributed by atoms with Crippen molar-refractivity contribution >= 4 is 29.2 Å². The minimum Gasteiger partial charge on any atom is -0.444 e. The molecule has 4 rings (SSSR count). The van der Waals surface area contributed by atoms with Crippen molar-refractivity contribution in [2.45, 2.75) is 66.2 Å². The highest BCUT2D eigenvalue weighted by atomic mass is 35.5. The van der Waals surface area contributed by atoms with Crippen LogP contribution in [0.4, 0.5) is 4.79 Å². The quantitative estimate of drug-likeness (QED) is 0.233. The Morgan fingerprint density at radius 2 is 1.74 bits per heavy atom. The number of alkyl carbamates (subject to hydrolysis) is 1. The van der Waals surface area contributed by atoms with Crippen LogP contribution in [0.15, 0.2) is 65.6 Å². The van der Waals surface area contributed by atoms with Gasteiger partial charge in [0.05, 0.1) is 18.8 Å². The Bertz CT molecular complexity index is 1620. The van der Waals surface area contributed by atoms with Gasteiger partial charge in [-0.3, -0.25) is 9.36 Å². The van der Waals surface area contributed by atoms with Crippen LogP contribution in [-0.4, -0.2) is 54.8 Å². The van der Waals surface area contributed by atoms with E-state index in [-0.39, 0.29) is 42.1 Å². The van der Waals surface area contributed by atoms with Crippen molar-refractivity contribution in [3.63, 3.8) is 0 Å². The molecule has 0 spiro atoms. The Balaban J connectivity index is 1.78. The number of hydrogen-bond donors (Lipinski definition) is 1. The number of rotatable bonds is 10. The first kappa shape index (κ1) is 31.7. The maximum absolute atomic E-state index is 14.2. The zero-order chi connectivity index (χ0) is 31.3. The van der Waals surface area contributed by atoms with E-state index in [4.69, 9.17) is 21.3 Å². The second-order valence-corrected chi connectivity index (χ2v) is 12.3. The van der Waals surface area contributed by atoms with Gasteiger partial charge in [0.2, 0.25) is 0 Å². The zero-order valence-electron chi connectivity index (χ0n) is 25.5. The molecule has 2 aromatic heterocycles. The van der Waals surface area contributed by atoms with Crippen LogP contribution in [0.3, 0.4) is 0 Å². The molecule has 0 bridgehead atoms. The lowest BCUT2D eigenvalue weighted by atomic mass is 9.99. The Hall–Kier alpha value is -4.18. The van der Waals surface area contributed by atoms with Crippen molar-refractivity contribution in [1.29, 1.82) is 0 Å². The van der Waals surface area contributed by atoms with Crippen LogP contribution in [0, 0.1) is 12.8 Å². The molecule has 2 heterocycles. The van der Waals surface area contributed by atoms with Crippen LogP contribution < -0.4 is 11.0 Å². The Labute approximate surface area is 256 Å². The third-order valence-electron chi connectivity index (χ3n) is 6.83. The number of aromatic nitrogens is 4. The van der Waals surface area contributed by atoms with Crippen LogP contribution in [0.1, 0.15) is 74.4 Å². The first-order chi connectivity index (χ1) is 20.4. The van der Waals surface area contributed by atoms with Crippen LogP contribution in [0.25, 0.3) is 5.65 Å². The molecular weight excluding hydrogens is 568 g/mol. The van der Waals surface area contributed by atoms with E-state index >= 15 is 0 Å². The number of ether oxygens (including phenoxy) is 1. The fourth-order valence-corrected chi connectivity index (χ4v) is 5.03. The molecular formula is C32H39ClN6O4. The minimum absolute atomic E-state index is 0.147. The maximum atomic E-state index is 14.2. The number of hydrogen-bond acceptors (Lipinski definition) is 6. The van der Waals surface area contributed by atoms with Crippen LogP contribution in [-0.2, 0) is 11.3 Å². The van der Waals surface area contributed by atoms with Crippen molar-refractivity contribution in [2.75, 3.05) is 13.1 Å². The average molecular weight is 607 g/mol. The van der Waals surface area contributed by atoms with Crippen molar-refractivity contribution in [3.8, 4) is 0 Å². The van der Waals surface area contributed by atoms with Crippen molar-refractivity contribution < 1.29 is 14.3 Å². The molecule has 0 saturated carbocycles. The molecule has 1 atom stereocenters. The van der Waals surface area contributed by atoms with Gasteiger partial charge in [-0.1, -0.05) is 73.5 Å². The highest BCUT2D eigenvalue weighted by Gasteiger charge is 2.33. The van der Waals surface area contributed by atoms with Crippen LogP contribution in [0.2, 0.25) is 5.02 Å². The molecule has 0 aliphatic carbocycles. The van der Waals surface area contributed by atoms with Gasteiger partial charge in [-0.2, -0.15) is 9.61 Å². The summed E-state index contributed by atoms with van der Waals surface area (Å²) in [4.78, 5) is 46.9. The third-order valence-corrected chi connectivity index (χ3v) is 7.10. The van der Waals surface area contributed by atoms with Gasteiger partial charge in [0.25, 0.3) is 5.91 Å². The lowest BCUT2D eigenvalue weighted by Crippen LogP contribution is -2.43. The molecule has 4 aromatic rings. The van der Waals surface area contributed by atoms with Gasteiger partial charge in [0.1, 0.15) is 16.4 Å². The molecule has 10 nitrogen and oxygen atoms in total. The molecule has 2 amide bonds. The van der Waals surface area contributed by atoms with E-state index in [0.29, 0.717) is 17.8 Å². The van der Waals surface area contributed by atoms with Gasteiger partial charge in [-0.25, -0.2) is 14.6 Å². The number of fused-ring (bicyclic) bond motifs is 1. The summed E-state index contributed by atoms with van der Waals surface area (Å²) in [5, 5.41) is 7.17. The number of aryl methyl sites for hydroxylation is 1. The van der Waals surface area contributed by atoms with Gasteiger partial charge in [0, 0.05) is 18.7 Å². The molecule has 0 saturated heterocycles. The second kappa shape index (κ2) is 13.4. The predicted molar refractivity (Wildman–Crippen MR) is 166 cm³/mol. The predicted octanol–water partition coefficient (Wildman–Crippen LogP) is 5.66. The first-order valence-electron chi connectivity index (χ1n) is 14.4.